The zero-order valence-electron chi connectivity index (χ0n) is 9.00. The van der Waals surface area contributed by atoms with Crippen molar-refractivity contribution in [3.8, 4) is 0 Å². The van der Waals surface area contributed by atoms with Crippen LogP contribution in [0.5, 0.6) is 0 Å². The Hall–Kier alpha value is 0.400. The predicted octanol–water partition coefficient (Wildman–Crippen LogP) is 4.09. The van der Waals surface area contributed by atoms with Crippen LogP contribution in [0.4, 0.5) is 0 Å². The van der Waals surface area contributed by atoms with Crippen LogP contribution in [0, 0.1) is 5.41 Å². The van der Waals surface area contributed by atoms with Gasteiger partial charge in [-0.15, -0.1) is 0 Å². The van der Waals surface area contributed by atoms with Gasteiger partial charge in [-0.2, -0.15) is 0 Å². The lowest BCUT2D eigenvalue weighted by Gasteiger charge is -2.28. The molecule has 15 heavy (non-hydrogen) atoms. The van der Waals surface area contributed by atoms with Crippen LogP contribution in [0.15, 0.2) is 10.5 Å². The molecule has 3 heteroatoms. The SMILES string of the molecule is OC1SSC(=C2CCCC2)C12CCCC2. The van der Waals surface area contributed by atoms with Gasteiger partial charge in [0.05, 0.1) is 0 Å². The highest BCUT2D eigenvalue weighted by molar-refractivity contribution is 8.78. The molecular formula is C12H18OS2. The molecule has 0 aromatic carbocycles. The number of hydrogen-bond acceptors (Lipinski definition) is 3. The van der Waals surface area contributed by atoms with Gasteiger partial charge in [-0.25, -0.2) is 0 Å². The van der Waals surface area contributed by atoms with E-state index in [4.69, 9.17) is 0 Å². The quantitative estimate of drug-likeness (QED) is 0.646. The maximum absolute atomic E-state index is 10.2. The van der Waals surface area contributed by atoms with Crippen LogP contribution in [0.25, 0.3) is 0 Å². The van der Waals surface area contributed by atoms with Crippen molar-refractivity contribution in [2.24, 2.45) is 5.41 Å². The summed E-state index contributed by atoms with van der Waals surface area (Å²) in [6.07, 6.45) is 10.4. The van der Waals surface area contributed by atoms with Gasteiger partial charge in [0.2, 0.25) is 0 Å². The Morgan fingerprint density at radius 3 is 2.40 bits per heavy atom. The maximum atomic E-state index is 10.2. The third-order valence-corrected chi connectivity index (χ3v) is 7.10. The summed E-state index contributed by atoms with van der Waals surface area (Å²) in [7, 11) is 3.59. The minimum Gasteiger partial charge on any atom is -0.381 e. The molecule has 0 amide bonds. The number of hydrogen-bond donors (Lipinski definition) is 1. The molecule has 0 aromatic heterocycles. The van der Waals surface area contributed by atoms with Gasteiger partial charge in [-0.3, -0.25) is 0 Å². The second-order valence-corrected chi connectivity index (χ2v) is 7.33. The topological polar surface area (TPSA) is 20.2 Å². The monoisotopic (exact) mass is 242 g/mol. The van der Waals surface area contributed by atoms with E-state index >= 15 is 0 Å². The van der Waals surface area contributed by atoms with E-state index in [0.717, 1.165) is 0 Å². The average Bonchev–Trinajstić information content (AvgIpc) is 2.93. The van der Waals surface area contributed by atoms with Crippen molar-refractivity contribution < 1.29 is 5.11 Å². The summed E-state index contributed by atoms with van der Waals surface area (Å²) < 4.78 is 0. The number of aliphatic hydroxyl groups is 1. The fourth-order valence-corrected chi connectivity index (χ4v) is 6.87. The molecule has 1 spiro atoms. The van der Waals surface area contributed by atoms with Crippen LogP contribution in [-0.2, 0) is 0 Å². The normalized spacial score (nSPS) is 34.6. The molecule has 1 nitrogen and oxygen atoms in total. The molecule has 1 aliphatic heterocycles. The highest BCUT2D eigenvalue weighted by atomic mass is 33.1. The van der Waals surface area contributed by atoms with E-state index in [1.807, 2.05) is 10.8 Å². The highest BCUT2D eigenvalue weighted by Gasteiger charge is 2.50. The van der Waals surface area contributed by atoms with Crippen LogP contribution < -0.4 is 0 Å². The predicted molar refractivity (Wildman–Crippen MR) is 67.6 cm³/mol. The van der Waals surface area contributed by atoms with E-state index < -0.39 is 0 Å². The van der Waals surface area contributed by atoms with Gasteiger partial charge in [-0.1, -0.05) is 40.0 Å². The zero-order valence-corrected chi connectivity index (χ0v) is 10.6. The summed E-state index contributed by atoms with van der Waals surface area (Å²) in [6.45, 7) is 0. The number of allylic oxidation sites excluding steroid dienone is 1. The Morgan fingerprint density at radius 2 is 1.73 bits per heavy atom. The second kappa shape index (κ2) is 4.01. The first-order valence-electron chi connectivity index (χ1n) is 6.07. The maximum Gasteiger partial charge on any atom is 0.120 e. The molecule has 1 atom stereocenters. The zero-order chi connectivity index (χ0) is 10.3. The number of rotatable bonds is 0. The lowest BCUT2D eigenvalue weighted by atomic mass is 9.84. The summed E-state index contributed by atoms with van der Waals surface area (Å²) >= 11 is 0. The van der Waals surface area contributed by atoms with Crippen molar-refractivity contribution in [1.29, 1.82) is 0 Å². The smallest absolute Gasteiger partial charge is 0.120 e. The van der Waals surface area contributed by atoms with Crippen molar-refractivity contribution in [2.75, 3.05) is 0 Å². The molecule has 2 saturated carbocycles. The van der Waals surface area contributed by atoms with Gasteiger partial charge >= 0.3 is 0 Å². The molecule has 3 fully saturated rings. The minimum absolute atomic E-state index is 0.131. The molecule has 1 unspecified atom stereocenters. The Bertz CT molecular complexity index is 284. The molecule has 1 saturated heterocycles. The van der Waals surface area contributed by atoms with Crippen molar-refractivity contribution in [3.63, 3.8) is 0 Å². The molecule has 3 aliphatic rings. The van der Waals surface area contributed by atoms with Crippen molar-refractivity contribution in [2.45, 2.75) is 56.8 Å². The molecular weight excluding hydrogens is 224 g/mol. The lowest BCUT2D eigenvalue weighted by molar-refractivity contribution is 0.140. The first kappa shape index (κ1) is 10.5. The highest BCUT2D eigenvalue weighted by Crippen LogP contribution is 2.65. The van der Waals surface area contributed by atoms with Gasteiger partial charge in [0.25, 0.3) is 0 Å². The summed E-state index contributed by atoms with van der Waals surface area (Å²) in [4.78, 5) is 1.59. The summed E-state index contributed by atoms with van der Waals surface area (Å²) in [5, 5.41) is 10.2. The third-order valence-electron chi connectivity index (χ3n) is 4.17. The van der Waals surface area contributed by atoms with Gasteiger partial charge in [0.1, 0.15) is 5.44 Å². The first-order chi connectivity index (χ1) is 7.33. The first-order valence-corrected chi connectivity index (χ1v) is 8.28. The van der Waals surface area contributed by atoms with E-state index in [2.05, 4.69) is 0 Å². The molecule has 0 aromatic rings. The van der Waals surface area contributed by atoms with Crippen LogP contribution >= 0.6 is 21.6 Å². The van der Waals surface area contributed by atoms with E-state index in [-0.39, 0.29) is 10.9 Å². The van der Waals surface area contributed by atoms with Crippen molar-refractivity contribution >= 4 is 21.6 Å². The summed E-state index contributed by atoms with van der Waals surface area (Å²) in [5.41, 5.74) is 1.74. The second-order valence-electron chi connectivity index (χ2n) is 5.03. The minimum atomic E-state index is -0.131. The van der Waals surface area contributed by atoms with E-state index in [9.17, 15) is 5.11 Å². The van der Waals surface area contributed by atoms with Crippen molar-refractivity contribution in [3.05, 3.63) is 10.5 Å². The van der Waals surface area contributed by atoms with Crippen LogP contribution in [-0.4, -0.2) is 10.5 Å². The van der Waals surface area contributed by atoms with Gasteiger partial charge < -0.3 is 5.11 Å². The van der Waals surface area contributed by atoms with Crippen LogP contribution in [0.2, 0.25) is 0 Å². The molecule has 1 N–H and O–H groups in total. The van der Waals surface area contributed by atoms with Gasteiger partial charge in [0.15, 0.2) is 0 Å². The molecule has 0 bridgehead atoms. The molecule has 2 aliphatic carbocycles. The van der Waals surface area contributed by atoms with E-state index in [1.165, 1.54) is 51.4 Å². The van der Waals surface area contributed by atoms with E-state index in [0.29, 0.717) is 0 Å². The third kappa shape index (κ3) is 1.58. The molecule has 0 radical (unpaired) electrons. The largest absolute Gasteiger partial charge is 0.381 e. The molecule has 3 rings (SSSR count). The standard InChI is InChI=1S/C12H18OS2/c13-11-12(7-3-4-8-12)10(14-15-11)9-5-1-2-6-9/h11,13H,1-8H2. The Labute approximate surface area is 99.5 Å². The Balaban J connectivity index is 1.97. The average molecular weight is 242 g/mol. The fraction of sp³-hybridized carbons (Fsp3) is 0.833. The van der Waals surface area contributed by atoms with Crippen LogP contribution in [0.3, 0.4) is 0 Å². The lowest BCUT2D eigenvalue weighted by Crippen LogP contribution is -2.27. The molecule has 1 heterocycles. The molecule has 84 valence electrons. The Morgan fingerprint density at radius 1 is 1.07 bits per heavy atom. The van der Waals surface area contributed by atoms with Crippen LogP contribution in [0.1, 0.15) is 51.4 Å². The number of aliphatic hydroxyl groups excluding tert-OH is 1. The van der Waals surface area contributed by atoms with Crippen molar-refractivity contribution in [1.82, 2.24) is 0 Å². The van der Waals surface area contributed by atoms with Gasteiger partial charge in [-0.05, 0) is 38.5 Å². The summed E-state index contributed by atoms with van der Waals surface area (Å²) in [6, 6.07) is 0. The Kier molecular flexibility index (Phi) is 2.82. The van der Waals surface area contributed by atoms with Gasteiger partial charge in [0, 0.05) is 10.3 Å². The summed E-state index contributed by atoms with van der Waals surface area (Å²) in [5.74, 6) is 0. The van der Waals surface area contributed by atoms with E-state index in [1.54, 1.807) is 21.3 Å². The fourth-order valence-electron chi connectivity index (χ4n) is 3.30.